The summed E-state index contributed by atoms with van der Waals surface area (Å²) < 4.78 is 4.54. The van der Waals surface area contributed by atoms with Gasteiger partial charge < -0.3 is 16.2 Å². The molecular formula is C10H14N6O4. The lowest BCUT2D eigenvalue weighted by atomic mass is 10.1. The lowest BCUT2D eigenvalue weighted by Crippen LogP contribution is -2.43. The molecular weight excluding hydrogens is 268 g/mol. The van der Waals surface area contributed by atoms with Gasteiger partial charge in [-0.2, -0.15) is 0 Å². The van der Waals surface area contributed by atoms with Crippen LogP contribution >= 0.6 is 0 Å². The van der Waals surface area contributed by atoms with Gasteiger partial charge in [0.05, 0.1) is 24.0 Å². The van der Waals surface area contributed by atoms with Crippen LogP contribution < -0.4 is 33.2 Å². The zero-order chi connectivity index (χ0) is 15.4. The number of hydrogen-bond acceptors (Lipinski definition) is 6. The molecule has 1 rings (SSSR count). The Hall–Kier alpha value is -2.85. The van der Waals surface area contributed by atoms with E-state index in [4.69, 9.17) is 23.2 Å². The zero-order valence-electron chi connectivity index (χ0n) is 10.6. The summed E-state index contributed by atoms with van der Waals surface area (Å²) in [6, 6.07) is 1.80. The van der Waals surface area contributed by atoms with Crippen LogP contribution in [0.15, 0.2) is 18.2 Å². The summed E-state index contributed by atoms with van der Waals surface area (Å²) in [6.07, 6.45) is 0. The zero-order valence-corrected chi connectivity index (χ0v) is 10.6. The second kappa shape index (κ2) is 5.86. The van der Waals surface area contributed by atoms with E-state index in [1.807, 2.05) is 0 Å². The van der Waals surface area contributed by atoms with E-state index in [1.54, 1.807) is 0 Å². The third-order valence-corrected chi connectivity index (χ3v) is 2.35. The van der Waals surface area contributed by atoms with Crippen LogP contribution in [0.25, 0.3) is 0 Å². The van der Waals surface area contributed by atoms with Gasteiger partial charge in [-0.05, 0) is 18.2 Å². The van der Waals surface area contributed by atoms with Gasteiger partial charge in [-0.1, -0.05) is 0 Å². The topological polar surface area (TPSA) is 171 Å². The molecule has 0 saturated carbocycles. The van der Waals surface area contributed by atoms with Crippen LogP contribution in [0.3, 0.4) is 0 Å². The Labute approximate surface area is 113 Å². The van der Waals surface area contributed by atoms with Gasteiger partial charge in [-0.15, -0.1) is 0 Å². The molecule has 1 aromatic carbocycles. The first kappa shape index (κ1) is 15.2. The molecule has 10 nitrogen and oxygen atoms in total. The molecule has 0 spiro atoms. The third-order valence-electron chi connectivity index (χ3n) is 2.35. The summed E-state index contributed by atoms with van der Waals surface area (Å²) in [5.41, 5.74) is 10.1. The van der Waals surface area contributed by atoms with Crippen LogP contribution in [0.2, 0.25) is 0 Å². The van der Waals surface area contributed by atoms with Crippen LogP contribution in [-0.2, 0) is 4.74 Å². The number of carbonyl (C=O) groups excluding carboxylic acids is 3. The normalized spacial score (nSPS) is 9.75. The molecule has 0 fully saturated rings. The first-order valence-corrected chi connectivity index (χ1v) is 5.19. The molecule has 0 bridgehead atoms. The number of hydrogen-bond donors (Lipinski definition) is 4. The van der Waals surface area contributed by atoms with Gasteiger partial charge in [-0.3, -0.25) is 0 Å². The van der Waals surface area contributed by atoms with Crippen molar-refractivity contribution >= 4 is 29.4 Å². The molecule has 0 aliphatic rings. The number of esters is 1. The van der Waals surface area contributed by atoms with E-state index in [0.29, 0.717) is 10.0 Å². The van der Waals surface area contributed by atoms with Crippen molar-refractivity contribution in [2.75, 3.05) is 17.1 Å². The highest BCUT2D eigenvalue weighted by Gasteiger charge is 2.17. The maximum atomic E-state index is 11.5. The van der Waals surface area contributed by atoms with Crippen molar-refractivity contribution in [1.29, 1.82) is 0 Å². The maximum Gasteiger partial charge on any atom is 0.338 e. The second-order valence-electron chi connectivity index (χ2n) is 3.65. The minimum absolute atomic E-state index is 0.00778. The molecule has 0 aliphatic carbocycles. The number of urea groups is 2. The monoisotopic (exact) mass is 282 g/mol. The molecule has 0 radical (unpaired) electrons. The summed E-state index contributed by atoms with van der Waals surface area (Å²) in [4.78, 5) is 33.6. The van der Waals surface area contributed by atoms with Crippen molar-refractivity contribution in [2.45, 2.75) is 0 Å². The second-order valence-corrected chi connectivity index (χ2v) is 3.65. The molecule has 0 aromatic heterocycles. The van der Waals surface area contributed by atoms with Crippen molar-refractivity contribution < 1.29 is 19.1 Å². The number of hydrazine groups is 2. The highest BCUT2D eigenvalue weighted by atomic mass is 16.5. The lowest BCUT2D eigenvalue weighted by molar-refractivity contribution is 0.0600. The van der Waals surface area contributed by atoms with Gasteiger partial charge >= 0.3 is 18.0 Å². The predicted molar refractivity (Wildman–Crippen MR) is 70.3 cm³/mol. The van der Waals surface area contributed by atoms with Crippen molar-refractivity contribution in [2.24, 2.45) is 23.2 Å². The summed E-state index contributed by atoms with van der Waals surface area (Å²) in [7, 11) is 1.16. The van der Waals surface area contributed by atoms with Crippen molar-refractivity contribution in [3.05, 3.63) is 23.8 Å². The standard InChI is InChI=1S/C10H14N6O4/c1-20-8(17)5-2-6(15(13)9(11)18)4-7(3-5)16(14)10(12)19/h2-4H,13-14H2,1H3,(H2,11,18)(H2,12,19). The summed E-state index contributed by atoms with van der Waals surface area (Å²) in [5.74, 6) is 10.1. The van der Waals surface area contributed by atoms with Crippen LogP contribution in [-0.4, -0.2) is 25.1 Å². The van der Waals surface area contributed by atoms with Gasteiger partial charge in [0.2, 0.25) is 0 Å². The van der Waals surface area contributed by atoms with Gasteiger partial charge in [0.15, 0.2) is 0 Å². The number of nitrogens with two attached hydrogens (primary N) is 4. The highest BCUT2D eigenvalue weighted by molar-refractivity contribution is 5.98. The Balaban J connectivity index is 3.38. The number of benzene rings is 1. The molecule has 0 atom stereocenters. The molecule has 0 aliphatic heterocycles. The largest absolute Gasteiger partial charge is 0.465 e. The molecule has 8 N–H and O–H groups in total. The predicted octanol–water partition coefficient (Wildman–Crippen LogP) is -1.01. The number of amides is 4. The lowest BCUT2D eigenvalue weighted by Gasteiger charge is -2.19. The molecule has 108 valence electrons. The van der Waals surface area contributed by atoms with Crippen LogP contribution in [0.1, 0.15) is 10.4 Å². The van der Waals surface area contributed by atoms with E-state index in [-0.39, 0.29) is 16.9 Å². The third kappa shape index (κ3) is 3.13. The minimum atomic E-state index is -0.972. The first-order valence-electron chi connectivity index (χ1n) is 5.19. The van der Waals surface area contributed by atoms with Gasteiger partial charge in [0, 0.05) is 0 Å². The van der Waals surface area contributed by atoms with E-state index >= 15 is 0 Å². The number of ether oxygens (including phenoxy) is 1. The molecule has 0 saturated heterocycles. The Kier molecular flexibility index (Phi) is 4.46. The maximum absolute atomic E-state index is 11.5. The fourth-order valence-corrected chi connectivity index (χ4v) is 1.36. The first-order chi connectivity index (χ1) is 9.27. The van der Waals surface area contributed by atoms with E-state index in [9.17, 15) is 14.4 Å². The minimum Gasteiger partial charge on any atom is -0.465 e. The summed E-state index contributed by atoms with van der Waals surface area (Å²) in [5, 5.41) is 1.15. The van der Waals surface area contributed by atoms with Gasteiger partial charge in [-0.25, -0.2) is 36.1 Å². The number of primary amides is 2. The number of nitrogens with zero attached hydrogens (tertiary/aromatic N) is 2. The van der Waals surface area contributed by atoms with Crippen molar-refractivity contribution in [1.82, 2.24) is 0 Å². The van der Waals surface area contributed by atoms with Crippen LogP contribution in [0.4, 0.5) is 21.0 Å². The van der Waals surface area contributed by atoms with E-state index in [0.717, 1.165) is 7.11 Å². The molecule has 0 unspecified atom stereocenters. The highest BCUT2D eigenvalue weighted by Crippen LogP contribution is 2.23. The smallest absolute Gasteiger partial charge is 0.338 e. The summed E-state index contributed by atoms with van der Waals surface area (Å²) in [6.45, 7) is 0. The summed E-state index contributed by atoms with van der Waals surface area (Å²) >= 11 is 0. The van der Waals surface area contributed by atoms with Crippen molar-refractivity contribution in [3.63, 3.8) is 0 Å². The number of carbonyl (C=O) groups is 3. The Morgan fingerprint density at radius 2 is 1.35 bits per heavy atom. The quantitative estimate of drug-likeness (QED) is 0.239. The SMILES string of the molecule is COC(=O)c1cc(N(N)C(N)=O)cc(N(N)C(N)=O)c1. The van der Waals surface area contributed by atoms with Crippen molar-refractivity contribution in [3.8, 4) is 0 Å². The average molecular weight is 282 g/mol. The molecule has 4 amide bonds. The van der Waals surface area contributed by atoms with E-state index in [2.05, 4.69) is 4.74 Å². The Bertz CT molecular complexity index is 522. The van der Waals surface area contributed by atoms with Gasteiger partial charge in [0.25, 0.3) is 0 Å². The van der Waals surface area contributed by atoms with Crippen LogP contribution in [0, 0.1) is 0 Å². The molecule has 0 heterocycles. The Morgan fingerprint density at radius 1 is 0.950 bits per heavy atom. The fraction of sp³-hybridized carbons (Fsp3) is 0.100. The fourth-order valence-electron chi connectivity index (χ4n) is 1.36. The number of anilines is 2. The number of methoxy groups -OCH3 is 1. The number of rotatable bonds is 3. The van der Waals surface area contributed by atoms with E-state index < -0.39 is 18.0 Å². The average Bonchev–Trinajstić information content (AvgIpc) is 2.43. The molecule has 20 heavy (non-hydrogen) atoms. The van der Waals surface area contributed by atoms with Gasteiger partial charge in [0.1, 0.15) is 0 Å². The molecule has 10 heteroatoms. The van der Waals surface area contributed by atoms with E-state index in [1.165, 1.54) is 18.2 Å². The van der Waals surface area contributed by atoms with Crippen LogP contribution in [0.5, 0.6) is 0 Å². The Morgan fingerprint density at radius 3 is 1.65 bits per heavy atom. The molecule has 1 aromatic rings.